The quantitative estimate of drug-likeness (QED) is 0.786. The average Bonchev–Trinajstić information content (AvgIpc) is 3.27. The fourth-order valence-corrected chi connectivity index (χ4v) is 3.74. The van der Waals surface area contributed by atoms with Gasteiger partial charge in [-0.2, -0.15) is 0 Å². The molecule has 3 rings (SSSR count). The van der Waals surface area contributed by atoms with E-state index in [1.165, 1.54) is 32.1 Å². The van der Waals surface area contributed by atoms with Crippen LogP contribution in [0.15, 0.2) is 22.8 Å². The lowest BCUT2D eigenvalue weighted by Crippen LogP contribution is -2.33. The number of hydrogen-bond donors (Lipinski definition) is 1. The van der Waals surface area contributed by atoms with Crippen LogP contribution in [0.5, 0.6) is 0 Å². The Morgan fingerprint density at radius 2 is 2.17 bits per heavy atom. The minimum Gasteiger partial charge on any atom is -0.467 e. The largest absolute Gasteiger partial charge is 0.467 e. The van der Waals surface area contributed by atoms with Crippen molar-refractivity contribution in [1.29, 1.82) is 0 Å². The van der Waals surface area contributed by atoms with Gasteiger partial charge in [0, 0.05) is 19.5 Å². The summed E-state index contributed by atoms with van der Waals surface area (Å²) in [6.45, 7) is 1.68. The summed E-state index contributed by atoms with van der Waals surface area (Å²) in [5, 5.41) is 3.01. The summed E-state index contributed by atoms with van der Waals surface area (Å²) in [6.07, 6.45) is 9.63. The molecule has 1 unspecified atom stereocenters. The molecule has 0 radical (unpaired) electrons. The van der Waals surface area contributed by atoms with Crippen molar-refractivity contribution < 1.29 is 14.0 Å². The van der Waals surface area contributed by atoms with Gasteiger partial charge in [-0.05, 0) is 30.9 Å². The maximum Gasteiger partial charge on any atom is 0.225 e. The van der Waals surface area contributed by atoms with Crippen molar-refractivity contribution in [3.63, 3.8) is 0 Å². The topological polar surface area (TPSA) is 62.6 Å². The van der Waals surface area contributed by atoms with Gasteiger partial charge in [-0.15, -0.1) is 0 Å². The van der Waals surface area contributed by atoms with Gasteiger partial charge in [0.25, 0.3) is 0 Å². The first-order valence-corrected chi connectivity index (χ1v) is 8.80. The Morgan fingerprint density at radius 3 is 2.91 bits per heavy atom. The first-order valence-electron chi connectivity index (χ1n) is 8.80. The molecular formula is C18H26N2O3. The fraction of sp³-hybridized carbons (Fsp3) is 0.667. The zero-order chi connectivity index (χ0) is 16.1. The number of amides is 2. The van der Waals surface area contributed by atoms with Crippen LogP contribution in [0.2, 0.25) is 0 Å². The van der Waals surface area contributed by atoms with E-state index in [4.69, 9.17) is 4.42 Å². The fourth-order valence-electron chi connectivity index (χ4n) is 3.74. The Balaban J connectivity index is 1.37. The third-order valence-electron chi connectivity index (χ3n) is 5.08. The summed E-state index contributed by atoms with van der Waals surface area (Å²) in [7, 11) is 0. The molecule has 5 heteroatoms. The van der Waals surface area contributed by atoms with Crippen LogP contribution in [0.4, 0.5) is 0 Å². The lowest BCUT2D eigenvalue weighted by molar-refractivity contribution is -0.129. The molecule has 1 atom stereocenters. The Labute approximate surface area is 137 Å². The molecule has 23 heavy (non-hydrogen) atoms. The number of rotatable bonds is 7. The second-order valence-corrected chi connectivity index (χ2v) is 6.84. The zero-order valence-electron chi connectivity index (χ0n) is 13.6. The van der Waals surface area contributed by atoms with E-state index in [1.54, 1.807) is 11.2 Å². The summed E-state index contributed by atoms with van der Waals surface area (Å²) in [5.74, 6) is 1.46. The van der Waals surface area contributed by atoms with Crippen molar-refractivity contribution in [2.75, 3.05) is 13.1 Å². The molecule has 2 heterocycles. The highest BCUT2D eigenvalue weighted by molar-refractivity contribution is 5.89. The van der Waals surface area contributed by atoms with Crippen LogP contribution in [-0.2, 0) is 16.1 Å². The first-order chi connectivity index (χ1) is 11.2. The van der Waals surface area contributed by atoms with E-state index in [2.05, 4.69) is 5.32 Å². The van der Waals surface area contributed by atoms with Gasteiger partial charge in [-0.25, -0.2) is 0 Å². The van der Waals surface area contributed by atoms with Crippen LogP contribution >= 0.6 is 0 Å². The monoisotopic (exact) mass is 318 g/mol. The maximum absolute atomic E-state index is 12.2. The van der Waals surface area contributed by atoms with E-state index in [1.807, 2.05) is 12.1 Å². The second kappa shape index (κ2) is 7.66. The first kappa shape index (κ1) is 16.1. The molecule has 1 aromatic heterocycles. The van der Waals surface area contributed by atoms with E-state index in [9.17, 15) is 9.59 Å². The summed E-state index contributed by atoms with van der Waals surface area (Å²) >= 11 is 0. The summed E-state index contributed by atoms with van der Waals surface area (Å²) in [4.78, 5) is 26.0. The minimum atomic E-state index is -0.219. The Hall–Kier alpha value is -1.78. The van der Waals surface area contributed by atoms with Crippen LogP contribution < -0.4 is 5.32 Å². The van der Waals surface area contributed by atoms with Crippen molar-refractivity contribution >= 4 is 11.8 Å². The van der Waals surface area contributed by atoms with E-state index in [0.717, 1.165) is 24.6 Å². The van der Waals surface area contributed by atoms with Gasteiger partial charge >= 0.3 is 0 Å². The number of carbonyl (C=O) groups is 2. The van der Waals surface area contributed by atoms with Gasteiger partial charge < -0.3 is 14.6 Å². The van der Waals surface area contributed by atoms with Crippen LogP contribution in [0.3, 0.4) is 0 Å². The number of nitrogens with zero attached hydrogens (tertiary/aromatic N) is 1. The van der Waals surface area contributed by atoms with Crippen molar-refractivity contribution in [2.24, 2.45) is 11.8 Å². The lowest BCUT2D eigenvalue weighted by atomic mass is 10.0. The predicted molar refractivity (Wildman–Crippen MR) is 86.4 cm³/mol. The molecule has 1 N–H and O–H groups in total. The molecule has 1 aliphatic heterocycles. The highest BCUT2D eigenvalue weighted by Gasteiger charge is 2.34. The number of likely N-dealkylation sites (tertiary alicyclic amines) is 1. The van der Waals surface area contributed by atoms with Gasteiger partial charge in [0.05, 0.1) is 18.7 Å². The molecule has 126 valence electrons. The number of hydrogen-bond acceptors (Lipinski definition) is 3. The smallest absolute Gasteiger partial charge is 0.225 e. The Morgan fingerprint density at radius 1 is 1.35 bits per heavy atom. The molecule has 2 amide bonds. The van der Waals surface area contributed by atoms with Gasteiger partial charge in [-0.3, -0.25) is 9.59 Å². The van der Waals surface area contributed by atoms with Gasteiger partial charge in [0.1, 0.15) is 5.76 Å². The normalized spacial score (nSPS) is 22.0. The summed E-state index contributed by atoms with van der Waals surface area (Å²) < 4.78 is 5.27. The molecule has 0 aromatic carbocycles. The average molecular weight is 318 g/mol. The van der Waals surface area contributed by atoms with Crippen LogP contribution in [0.1, 0.15) is 50.7 Å². The van der Waals surface area contributed by atoms with Crippen molar-refractivity contribution in [3.8, 4) is 0 Å². The Bertz CT molecular complexity index is 520. The van der Waals surface area contributed by atoms with Crippen LogP contribution in [-0.4, -0.2) is 29.8 Å². The lowest BCUT2D eigenvalue weighted by Gasteiger charge is -2.15. The molecule has 1 aromatic rings. The second-order valence-electron chi connectivity index (χ2n) is 6.84. The van der Waals surface area contributed by atoms with Crippen LogP contribution in [0, 0.1) is 11.8 Å². The molecule has 5 nitrogen and oxygen atoms in total. The zero-order valence-corrected chi connectivity index (χ0v) is 13.6. The highest BCUT2D eigenvalue weighted by atomic mass is 16.3. The molecule has 0 bridgehead atoms. The molecule has 1 saturated heterocycles. The SMILES string of the molecule is O=C(NCCCC1CCCC1)C1CC(=O)N(Cc2ccco2)C1. The highest BCUT2D eigenvalue weighted by Crippen LogP contribution is 2.28. The van der Waals surface area contributed by atoms with Crippen molar-refractivity contribution in [1.82, 2.24) is 10.2 Å². The summed E-state index contributed by atoms with van der Waals surface area (Å²) in [5.41, 5.74) is 0. The minimum absolute atomic E-state index is 0.0201. The molecule has 1 aliphatic carbocycles. The molecule has 0 spiro atoms. The van der Waals surface area contributed by atoms with Crippen LogP contribution in [0.25, 0.3) is 0 Å². The van der Waals surface area contributed by atoms with Gasteiger partial charge in [-0.1, -0.05) is 25.7 Å². The molecule has 2 aliphatic rings. The Kier molecular flexibility index (Phi) is 5.36. The number of furan rings is 1. The van der Waals surface area contributed by atoms with Crippen molar-refractivity contribution in [3.05, 3.63) is 24.2 Å². The van der Waals surface area contributed by atoms with Crippen molar-refractivity contribution in [2.45, 2.75) is 51.5 Å². The van der Waals surface area contributed by atoms with E-state index < -0.39 is 0 Å². The van der Waals surface area contributed by atoms with E-state index in [0.29, 0.717) is 19.5 Å². The molecule has 2 fully saturated rings. The molecular weight excluding hydrogens is 292 g/mol. The third-order valence-corrected chi connectivity index (χ3v) is 5.08. The number of carbonyl (C=O) groups excluding carboxylic acids is 2. The summed E-state index contributed by atoms with van der Waals surface area (Å²) in [6, 6.07) is 3.66. The standard InChI is InChI=1S/C18H26N2O3/c21-17-11-15(12-20(17)13-16-8-4-10-23-16)18(22)19-9-3-7-14-5-1-2-6-14/h4,8,10,14-15H,1-3,5-7,9,11-13H2,(H,19,22). The van der Waals surface area contributed by atoms with Gasteiger partial charge in [0.15, 0.2) is 0 Å². The van der Waals surface area contributed by atoms with Gasteiger partial charge in [0.2, 0.25) is 11.8 Å². The van der Waals surface area contributed by atoms with E-state index >= 15 is 0 Å². The molecule has 1 saturated carbocycles. The van der Waals surface area contributed by atoms with E-state index in [-0.39, 0.29) is 17.7 Å². The third kappa shape index (κ3) is 4.36. The number of nitrogens with one attached hydrogen (secondary N) is 1. The predicted octanol–water partition coefficient (Wildman–Crippen LogP) is 2.71. The maximum atomic E-state index is 12.2.